The number of anilines is 1. The van der Waals surface area contributed by atoms with Gasteiger partial charge in [-0.15, -0.1) is 0 Å². The van der Waals surface area contributed by atoms with Crippen LogP contribution in [0.4, 0.5) is 11.4 Å². The minimum atomic E-state index is -3.85. The lowest BCUT2D eigenvalue weighted by molar-refractivity contribution is -0.384. The molecule has 0 saturated heterocycles. The van der Waals surface area contributed by atoms with Crippen molar-refractivity contribution in [1.82, 2.24) is 4.72 Å². The van der Waals surface area contributed by atoms with Gasteiger partial charge in [0, 0.05) is 17.6 Å². The summed E-state index contributed by atoms with van der Waals surface area (Å²) in [4.78, 5) is 10.7. The first-order valence-electron chi connectivity index (χ1n) is 8.13. The third-order valence-electron chi connectivity index (χ3n) is 3.59. The van der Waals surface area contributed by atoms with E-state index in [1.807, 2.05) is 37.3 Å². The highest BCUT2D eigenvalue weighted by Crippen LogP contribution is 2.31. The topological polar surface area (TPSA) is 101 Å². The maximum absolute atomic E-state index is 12.4. The van der Waals surface area contributed by atoms with E-state index in [9.17, 15) is 18.5 Å². The molecule has 0 fully saturated rings. The van der Waals surface area contributed by atoms with Crippen molar-refractivity contribution >= 4 is 21.4 Å². The number of nitro benzene ring substituents is 1. The van der Waals surface area contributed by atoms with E-state index < -0.39 is 20.5 Å². The van der Waals surface area contributed by atoms with Gasteiger partial charge in [-0.25, -0.2) is 13.1 Å². The molecule has 0 bridgehead atoms. The highest BCUT2D eigenvalue weighted by atomic mass is 32.2. The average molecular weight is 377 g/mol. The van der Waals surface area contributed by atoms with Crippen LogP contribution in [0.5, 0.6) is 0 Å². The summed E-state index contributed by atoms with van der Waals surface area (Å²) in [7, 11) is -3.85. The third-order valence-corrected chi connectivity index (χ3v) is 5.34. The molecule has 2 aromatic rings. The lowest BCUT2D eigenvalue weighted by Crippen LogP contribution is -2.40. The molecule has 0 saturated carbocycles. The van der Waals surface area contributed by atoms with E-state index in [0.717, 1.165) is 11.6 Å². The number of nitrogens with zero attached hydrogens (tertiary/aromatic N) is 1. The first-order valence-corrected chi connectivity index (χ1v) is 9.62. The molecule has 26 heavy (non-hydrogen) atoms. The maximum Gasteiger partial charge on any atom is 0.293 e. The molecule has 8 heteroatoms. The van der Waals surface area contributed by atoms with Crippen LogP contribution in [0.15, 0.2) is 53.4 Å². The summed E-state index contributed by atoms with van der Waals surface area (Å²) in [5.41, 5.74) is 0.255. The van der Waals surface area contributed by atoms with Gasteiger partial charge in [-0.2, -0.15) is 0 Å². The second kappa shape index (κ2) is 7.43. The normalized spacial score (nSPS) is 13.2. The average Bonchev–Trinajstić information content (AvgIpc) is 2.53. The van der Waals surface area contributed by atoms with Crippen LogP contribution in [-0.4, -0.2) is 18.9 Å². The van der Waals surface area contributed by atoms with Crippen LogP contribution in [-0.2, 0) is 10.0 Å². The molecule has 0 aliphatic heterocycles. The van der Waals surface area contributed by atoms with E-state index >= 15 is 0 Å². The molecule has 1 atom stereocenters. The van der Waals surface area contributed by atoms with Gasteiger partial charge in [0.25, 0.3) is 5.69 Å². The van der Waals surface area contributed by atoms with E-state index in [1.54, 1.807) is 20.8 Å². The lowest BCUT2D eigenvalue weighted by Gasteiger charge is -2.21. The van der Waals surface area contributed by atoms with Crippen LogP contribution in [0.1, 0.15) is 39.3 Å². The number of nitro groups is 1. The van der Waals surface area contributed by atoms with Gasteiger partial charge in [-0.05, 0) is 45.4 Å². The van der Waals surface area contributed by atoms with Crippen molar-refractivity contribution in [3.8, 4) is 0 Å². The molecule has 0 heterocycles. The van der Waals surface area contributed by atoms with E-state index in [4.69, 9.17) is 0 Å². The summed E-state index contributed by atoms with van der Waals surface area (Å²) in [6, 6.07) is 13.2. The van der Waals surface area contributed by atoms with Gasteiger partial charge in [0.05, 0.1) is 9.82 Å². The molecule has 0 unspecified atom stereocenters. The molecular formula is C18H23N3O4S. The number of benzene rings is 2. The van der Waals surface area contributed by atoms with E-state index in [0.29, 0.717) is 0 Å². The summed E-state index contributed by atoms with van der Waals surface area (Å²) in [6.45, 7) is 6.99. The zero-order valence-corrected chi connectivity index (χ0v) is 16.0. The van der Waals surface area contributed by atoms with Crippen molar-refractivity contribution in [1.29, 1.82) is 0 Å². The van der Waals surface area contributed by atoms with Gasteiger partial charge >= 0.3 is 0 Å². The molecule has 2 N–H and O–H groups in total. The molecule has 2 rings (SSSR count). The van der Waals surface area contributed by atoms with Crippen LogP contribution in [0, 0.1) is 10.1 Å². The van der Waals surface area contributed by atoms with Crippen molar-refractivity contribution < 1.29 is 13.3 Å². The van der Waals surface area contributed by atoms with Gasteiger partial charge in [0.1, 0.15) is 5.69 Å². The van der Waals surface area contributed by atoms with Crippen LogP contribution in [0.25, 0.3) is 0 Å². The fraction of sp³-hybridized carbons (Fsp3) is 0.333. The van der Waals surface area contributed by atoms with Crippen LogP contribution in [0.2, 0.25) is 0 Å². The lowest BCUT2D eigenvalue weighted by atomic mass is 10.1. The number of hydrogen-bond acceptors (Lipinski definition) is 5. The minimum Gasteiger partial charge on any atom is -0.373 e. The largest absolute Gasteiger partial charge is 0.373 e. The molecule has 140 valence electrons. The standard InChI is InChI=1S/C18H23N3O4S/c1-13(14-8-6-5-7-9-14)19-16-11-10-15(12-17(16)21(22)23)26(24,25)20-18(2,3)4/h5-13,19-20H,1-4H3/t13-/m1/s1. The third kappa shape index (κ3) is 5.03. The molecular weight excluding hydrogens is 354 g/mol. The molecule has 7 nitrogen and oxygen atoms in total. The maximum atomic E-state index is 12.4. The van der Waals surface area contributed by atoms with Gasteiger partial charge < -0.3 is 5.32 Å². The Bertz CT molecular complexity index is 890. The Morgan fingerprint density at radius 3 is 2.23 bits per heavy atom. The SMILES string of the molecule is C[C@@H](Nc1ccc(S(=O)(=O)NC(C)(C)C)cc1[N+](=O)[O-])c1ccccc1. The van der Waals surface area contributed by atoms with E-state index in [-0.39, 0.29) is 22.3 Å². The molecule has 0 spiro atoms. The summed E-state index contributed by atoms with van der Waals surface area (Å²) in [6.07, 6.45) is 0. The predicted molar refractivity (Wildman–Crippen MR) is 102 cm³/mol. The van der Waals surface area contributed by atoms with Crippen LogP contribution in [0.3, 0.4) is 0 Å². The molecule has 0 radical (unpaired) electrons. The number of rotatable bonds is 6. The van der Waals surface area contributed by atoms with E-state index in [2.05, 4.69) is 10.0 Å². The summed E-state index contributed by atoms with van der Waals surface area (Å²) in [5, 5.41) is 14.5. The highest BCUT2D eigenvalue weighted by molar-refractivity contribution is 7.89. The number of hydrogen-bond donors (Lipinski definition) is 2. The first kappa shape index (κ1) is 19.9. The molecule has 0 aliphatic carbocycles. The molecule has 0 amide bonds. The van der Waals surface area contributed by atoms with E-state index in [1.165, 1.54) is 12.1 Å². The number of sulfonamides is 1. The fourth-order valence-electron chi connectivity index (χ4n) is 2.47. The zero-order chi connectivity index (χ0) is 19.5. The Kier molecular flexibility index (Phi) is 5.68. The summed E-state index contributed by atoms with van der Waals surface area (Å²) >= 11 is 0. The molecule has 0 aliphatic rings. The number of nitrogens with one attached hydrogen (secondary N) is 2. The Hall–Kier alpha value is -2.45. The Morgan fingerprint density at radius 1 is 1.08 bits per heavy atom. The van der Waals surface area contributed by atoms with Crippen molar-refractivity contribution in [2.24, 2.45) is 0 Å². The van der Waals surface area contributed by atoms with Gasteiger partial charge in [-0.1, -0.05) is 30.3 Å². The Labute approximate surface area is 153 Å². The Balaban J connectivity index is 2.37. The molecule has 2 aromatic carbocycles. The summed E-state index contributed by atoms with van der Waals surface area (Å²) in [5.74, 6) is 0. The Morgan fingerprint density at radius 2 is 1.69 bits per heavy atom. The van der Waals surface area contributed by atoms with Crippen molar-refractivity contribution in [3.05, 3.63) is 64.2 Å². The second-order valence-electron chi connectivity index (χ2n) is 7.07. The van der Waals surface area contributed by atoms with Crippen LogP contribution < -0.4 is 10.0 Å². The smallest absolute Gasteiger partial charge is 0.293 e. The second-order valence-corrected chi connectivity index (χ2v) is 8.75. The quantitative estimate of drug-likeness (QED) is 0.588. The van der Waals surface area contributed by atoms with Gasteiger partial charge in [0.15, 0.2) is 0 Å². The van der Waals surface area contributed by atoms with Crippen molar-refractivity contribution in [2.45, 2.75) is 44.2 Å². The predicted octanol–water partition coefficient (Wildman–Crippen LogP) is 3.84. The van der Waals surface area contributed by atoms with Crippen molar-refractivity contribution in [3.63, 3.8) is 0 Å². The summed E-state index contributed by atoms with van der Waals surface area (Å²) < 4.78 is 27.3. The first-order chi connectivity index (χ1) is 12.0. The monoisotopic (exact) mass is 377 g/mol. The highest BCUT2D eigenvalue weighted by Gasteiger charge is 2.26. The minimum absolute atomic E-state index is 0.142. The van der Waals surface area contributed by atoms with Gasteiger partial charge in [-0.3, -0.25) is 10.1 Å². The van der Waals surface area contributed by atoms with Gasteiger partial charge in [0.2, 0.25) is 10.0 Å². The zero-order valence-electron chi connectivity index (χ0n) is 15.2. The van der Waals surface area contributed by atoms with Crippen molar-refractivity contribution in [2.75, 3.05) is 5.32 Å². The van der Waals surface area contributed by atoms with Crippen LogP contribution >= 0.6 is 0 Å². The fourth-order valence-corrected chi connectivity index (χ4v) is 3.91. The molecule has 0 aromatic heterocycles.